The highest BCUT2D eigenvalue weighted by Gasteiger charge is 2.34. The van der Waals surface area contributed by atoms with Crippen LogP contribution in [0.5, 0.6) is 0 Å². The van der Waals surface area contributed by atoms with Crippen LogP contribution in [0, 0.1) is 0 Å². The number of H-pyrrole nitrogens is 3. The quantitative estimate of drug-likeness (QED) is 0.121. The molecule has 107 heavy (non-hydrogen) atoms. The van der Waals surface area contributed by atoms with Crippen LogP contribution in [0.4, 0.5) is 0 Å². The zero-order valence-electron chi connectivity index (χ0n) is 69.4. The molecule has 0 aliphatic heterocycles. The number of rotatable bonds is 0. The second-order valence-corrected chi connectivity index (χ2v) is 39.4. The smallest absolute Gasteiger partial charge is 0.116 e. The molecule has 16 heteroatoms. The van der Waals surface area contributed by atoms with Gasteiger partial charge in [0.2, 0.25) is 0 Å². The van der Waals surface area contributed by atoms with E-state index in [1.165, 1.54) is 49.8 Å². The van der Waals surface area contributed by atoms with Crippen LogP contribution in [0.1, 0.15) is 264 Å². The fourth-order valence-electron chi connectivity index (χ4n) is 13.4. The van der Waals surface area contributed by atoms with E-state index in [0.29, 0.717) is 0 Å². The van der Waals surface area contributed by atoms with Crippen molar-refractivity contribution in [3.05, 3.63) is 185 Å². The number of aromatic amines is 3. The molecule has 0 fully saturated rings. The molecular formula is C91H114N16. The lowest BCUT2D eigenvalue weighted by molar-refractivity contribution is 0.502. The summed E-state index contributed by atoms with van der Waals surface area (Å²) in [6.07, 6.45) is 10.8. The van der Waals surface area contributed by atoms with Gasteiger partial charge in [0.1, 0.15) is 6.33 Å². The van der Waals surface area contributed by atoms with Crippen LogP contribution in [0.3, 0.4) is 0 Å². The number of fused-ring (bicyclic) bond motifs is 10. The van der Waals surface area contributed by atoms with E-state index in [1.54, 1.807) is 6.33 Å². The third-order valence-electron chi connectivity index (χ3n) is 19.1. The number of hydrogen-bond acceptors (Lipinski definition) is 13. The zero-order chi connectivity index (χ0) is 78.5. The van der Waals surface area contributed by atoms with Crippen LogP contribution < -0.4 is 0 Å². The topological polar surface area (TPSA) is 215 Å². The molecule has 5 aromatic carbocycles. The number of nitrogens with one attached hydrogen (secondary N) is 3. The lowest BCUT2D eigenvalue weighted by Crippen LogP contribution is -2.25. The minimum atomic E-state index is -0.0350. The van der Waals surface area contributed by atoms with E-state index in [0.717, 1.165) is 116 Å². The van der Waals surface area contributed by atoms with E-state index in [4.69, 9.17) is 34.9 Å². The van der Waals surface area contributed by atoms with E-state index in [9.17, 15) is 0 Å². The first-order valence-electron chi connectivity index (χ1n) is 37.7. The summed E-state index contributed by atoms with van der Waals surface area (Å²) in [6, 6.07) is 31.7. The summed E-state index contributed by atoms with van der Waals surface area (Å²) < 4.78 is 0. The van der Waals surface area contributed by atoms with Gasteiger partial charge in [-0.1, -0.05) is 214 Å². The second kappa shape index (κ2) is 27.7. The van der Waals surface area contributed by atoms with Gasteiger partial charge in [0.15, 0.2) is 0 Å². The number of imidazole rings is 1. The molecule has 15 aromatic rings. The molecule has 0 bridgehead atoms. The molecule has 15 rings (SSSR count). The third-order valence-corrected chi connectivity index (χ3v) is 19.1. The van der Waals surface area contributed by atoms with Crippen LogP contribution >= 0.6 is 0 Å². The van der Waals surface area contributed by atoms with Gasteiger partial charge in [0.25, 0.3) is 0 Å². The summed E-state index contributed by atoms with van der Waals surface area (Å²) in [5.41, 5.74) is 24.3. The van der Waals surface area contributed by atoms with E-state index >= 15 is 0 Å². The Morgan fingerprint density at radius 2 is 0.617 bits per heavy atom. The van der Waals surface area contributed by atoms with Gasteiger partial charge >= 0.3 is 0 Å². The Balaban J connectivity index is 0.000000133. The molecule has 10 heterocycles. The van der Waals surface area contributed by atoms with Crippen LogP contribution in [0.25, 0.3) is 109 Å². The fraction of sp³-hybridized carbons (Fsp3) is 0.440. The van der Waals surface area contributed by atoms with Gasteiger partial charge in [-0.25, -0.2) is 34.9 Å². The molecule has 0 saturated heterocycles. The second-order valence-electron chi connectivity index (χ2n) is 39.4. The van der Waals surface area contributed by atoms with Crippen LogP contribution in [-0.2, 0) is 54.1 Å². The Morgan fingerprint density at radius 3 is 1.05 bits per heavy atom. The summed E-state index contributed by atoms with van der Waals surface area (Å²) in [4.78, 5) is 55.6. The normalized spacial score (nSPS) is 13.1. The first-order chi connectivity index (χ1) is 49.3. The average molecular weight is 1430 g/mol. The Hall–Kier alpha value is -9.83. The van der Waals surface area contributed by atoms with Gasteiger partial charge in [-0.05, 0) is 112 Å². The molecule has 558 valence electrons. The van der Waals surface area contributed by atoms with Gasteiger partial charge < -0.3 is 4.98 Å². The highest BCUT2D eigenvalue weighted by molar-refractivity contribution is 5.98. The summed E-state index contributed by atoms with van der Waals surface area (Å²) in [7, 11) is 0. The highest BCUT2D eigenvalue weighted by atomic mass is 15.1. The first-order valence-corrected chi connectivity index (χ1v) is 37.7. The van der Waals surface area contributed by atoms with Crippen molar-refractivity contribution in [2.24, 2.45) is 0 Å². The summed E-state index contributed by atoms with van der Waals surface area (Å²) in [6.45, 7) is 66.4. The van der Waals surface area contributed by atoms with Crippen molar-refractivity contribution < 1.29 is 0 Å². The molecule has 0 atom stereocenters. The maximum Gasteiger partial charge on any atom is 0.116 e. The summed E-state index contributed by atoms with van der Waals surface area (Å²) >= 11 is 0. The predicted molar refractivity (Wildman–Crippen MR) is 449 cm³/mol. The minimum Gasteiger partial charge on any atom is -0.355 e. The SMILES string of the molecule is CC(C)(C)c1cc2cc3cccnc3cc2nc1C(C)(C)C.CC(C)(C)c1cc2cc3ccncc3cc2nc1C(C)(C)C.CC(C)(C)c1nc2cc3cn[nH]c3cc2nc1C(C)(C)C.CC(C)(C)c1nc2cc3cn[nH]c3cc2nc1C(C)(C)C.CC(C)(C)c1nc2cc3ncnc3cc2[nH]c1C(C)(C)C. The van der Waals surface area contributed by atoms with E-state index < -0.39 is 0 Å². The highest BCUT2D eigenvalue weighted by Crippen LogP contribution is 2.41. The van der Waals surface area contributed by atoms with Crippen molar-refractivity contribution in [2.45, 2.75) is 262 Å². The number of pyridine rings is 4. The molecule has 16 nitrogen and oxygen atoms in total. The molecule has 10 aromatic heterocycles. The minimum absolute atomic E-state index is 0.0104. The van der Waals surface area contributed by atoms with Crippen molar-refractivity contribution >= 4 is 109 Å². The standard InChI is InChI=1S/2C20H24N2.3C17H22N4/c1-19(2,3)16-10-14-9-13-7-8-21-12-15(13)11-17(14)22-18(16)20(4,5)6;1-19(2,3)15-11-14-10-13-8-7-9-21-16(13)12-17(14)22-18(15)20(4,5)6;1-16(2,3)14-15(17(4,5)6)21-13-8-11-10(18-9-19-11)7-12(13)20-14;2*1-16(2,3)14-15(17(4,5)6)20-13-8-11-10(9-18-21-11)7-12(13)19-14/h2*7-12H,1-6H3;7-9,20H,1-6H3;2*7-9H,1-6H3,(H,18,21). The maximum atomic E-state index is 5.04. The predicted octanol–water partition coefficient (Wildman–Crippen LogP) is 23.1. The lowest BCUT2D eigenvalue weighted by atomic mass is 9.78. The molecule has 0 aliphatic carbocycles. The summed E-state index contributed by atoms with van der Waals surface area (Å²) in [5, 5.41) is 22.2. The molecule has 0 radical (unpaired) electrons. The molecule has 0 amide bonds. The molecule has 0 saturated carbocycles. The van der Waals surface area contributed by atoms with Crippen molar-refractivity contribution in [3.8, 4) is 0 Å². The lowest BCUT2D eigenvalue weighted by Gasteiger charge is -2.29. The molecule has 0 unspecified atom stereocenters. The number of aromatic nitrogens is 16. The monoisotopic (exact) mass is 1430 g/mol. The Kier molecular flexibility index (Phi) is 20.3. The van der Waals surface area contributed by atoms with Gasteiger partial charge in [-0.3, -0.25) is 30.1 Å². The Labute approximate surface area is 633 Å². The van der Waals surface area contributed by atoms with Crippen molar-refractivity contribution in [2.75, 3.05) is 0 Å². The van der Waals surface area contributed by atoms with Crippen LogP contribution in [0.2, 0.25) is 0 Å². The van der Waals surface area contributed by atoms with E-state index in [-0.39, 0.29) is 54.1 Å². The zero-order valence-corrected chi connectivity index (χ0v) is 69.4. The van der Waals surface area contributed by atoms with E-state index in [1.807, 2.05) is 61.3 Å². The van der Waals surface area contributed by atoms with E-state index in [2.05, 4.69) is 314 Å². The number of benzene rings is 5. The maximum absolute atomic E-state index is 5.04. The largest absolute Gasteiger partial charge is 0.355 e. The third kappa shape index (κ3) is 17.3. The molecule has 0 aliphatic rings. The number of nitrogens with zero attached hydrogens (tertiary/aromatic N) is 13. The van der Waals surface area contributed by atoms with Crippen molar-refractivity contribution in [1.29, 1.82) is 0 Å². The fourth-order valence-corrected chi connectivity index (χ4v) is 13.4. The molecule has 3 N–H and O–H groups in total. The summed E-state index contributed by atoms with van der Waals surface area (Å²) in [5.74, 6) is 0. The number of hydrogen-bond donors (Lipinski definition) is 3. The van der Waals surface area contributed by atoms with Crippen LogP contribution in [0.15, 0.2) is 128 Å². The van der Waals surface area contributed by atoms with Gasteiger partial charge in [0.05, 0.1) is 124 Å². The molecule has 0 spiro atoms. The van der Waals surface area contributed by atoms with Gasteiger partial charge in [-0.15, -0.1) is 0 Å². The van der Waals surface area contributed by atoms with Gasteiger partial charge in [-0.2, -0.15) is 10.2 Å². The van der Waals surface area contributed by atoms with Crippen molar-refractivity contribution in [3.63, 3.8) is 0 Å². The molecular weight excluding hydrogens is 1320 g/mol. The van der Waals surface area contributed by atoms with Crippen LogP contribution in [-0.4, -0.2) is 80.2 Å². The Bertz CT molecular complexity index is 4990. The van der Waals surface area contributed by atoms with Gasteiger partial charge in [0, 0.05) is 99.9 Å². The average Bonchev–Trinajstić information content (AvgIpc) is 1.67. The first kappa shape index (κ1) is 78.2. The van der Waals surface area contributed by atoms with Crippen molar-refractivity contribution in [1.82, 2.24) is 80.2 Å². The Morgan fingerprint density at radius 1 is 0.243 bits per heavy atom.